The van der Waals surface area contributed by atoms with Crippen LogP contribution in [0, 0.1) is 0 Å². The van der Waals surface area contributed by atoms with Crippen LogP contribution in [0.5, 0.6) is 11.5 Å². The molecule has 1 N–H and O–H groups in total. The van der Waals surface area contributed by atoms with Crippen molar-refractivity contribution in [2.45, 2.75) is 18.6 Å². The fraction of sp³-hybridized carbons (Fsp3) is 0.350. The van der Waals surface area contributed by atoms with Crippen molar-refractivity contribution in [3.63, 3.8) is 0 Å². The van der Waals surface area contributed by atoms with E-state index in [-0.39, 0.29) is 11.7 Å². The van der Waals surface area contributed by atoms with E-state index in [0.717, 1.165) is 12.8 Å². The molecule has 0 bridgehead atoms. The van der Waals surface area contributed by atoms with Gasteiger partial charge >= 0.3 is 0 Å². The molecule has 0 aliphatic carbocycles. The van der Waals surface area contributed by atoms with Crippen LogP contribution in [-0.4, -0.2) is 45.9 Å². The number of hydrogen-bond donors (Lipinski definition) is 1. The molecular weight excluding hydrogens is 416 g/mol. The molecule has 156 valence electrons. The Morgan fingerprint density at radius 1 is 1.07 bits per heavy atom. The summed E-state index contributed by atoms with van der Waals surface area (Å²) in [5.74, 6) is 0.376. The number of sulfonamides is 1. The van der Waals surface area contributed by atoms with Crippen LogP contribution in [0.3, 0.4) is 0 Å². The lowest BCUT2D eigenvalue weighted by molar-refractivity contribution is 0.102. The third-order valence-corrected chi connectivity index (χ3v) is 6.89. The van der Waals surface area contributed by atoms with Crippen molar-refractivity contribution >= 4 is 33.2 Å². The minimum atomic E-state index is -3.33. The molecular formula is C20H23ClN2O5S. The highest BCUT2D eigenvalue weighted by atomic mass is 35.5. The molecule has 1 amide bonds. The molecule has 9 heteroatoms. The van der Waals surface area contributed by atoms with Gasteiger partial charge < -0.3 is 14.8 Å². The number of anilines is 1. The lowest BCUT2D eigenvalue weighted by atomic mass is 10.1. The van der Waals surface area contributed by atoms with Crippen LogP contribution in [0.15, 0.2) is 36.4 Å². The number of hydrogen-bond acceptors (Lipinski definition) is 5. The van der Waals surface area contributed by atoms with Gasteiger partial charge in [-0.05, 0) is 30.5 Å². The van der Waals surface area contributed by atoms with Crippen LogP contribution in [0.1, 0.15) is 28.8 Å². The molecule has 1 saturated heterocycles. The number of carbonyl (C=O) groups is 1. The minimum Gasteiger partial charge on any atom is -0.495 e. The molecule has 1 aliphatic heterocycles. The van der Waals surface area contributed by atoms with Crippen molar-refractivity contribution in [3.05, 3.63) is 52.5 Å². The SMILES string of the molecule is COc1cc(NC(=O)c2ccc(CS(=O)(=O)N3CCCC3)cc2)c(OC)cc1Cl. The molecule has 2 aromatic rings. The number of carbonyl (C=O) groups excluding carboxylic acids is 1. The first-order chi connectivity index (χ1) is 13.8. The van der Waals surface area contributed by atoms with E-state index in [1.807, 2.05) is 0 Å². The van der Waals surface area contributed by atoms with E-state index in [2.05, 4.69) is 5.32 Å². The van der Waals surface area contributed by atoms with Gasteiger partial charge in [-0.25, -0.2) is 12.7 Å². The quantitative estimate of drug-likeness (QED) is 0.714. The summed E-state index contributed by atoms with van der Waals surface area (Å²) in [7, 11) is -0.370. The Bertz CT molecular complexity index is 987. The van der Waals surface area contributed by atoms with Gasteiger partial charge in [-0.1, -0.05) is 23.7 Å². The number of nitrogens with one attached hydrogen (secondary N) is 1. The van der Waals surface area contributed by atoms with Crippen LogP contribution in [0.25, 0.3) is 0 Å². The van der Waals surface area contributed by atoms with Crippen molar-refractivity contribution in [3.8, 4) is 11.5 Å². The summed E-state index contributed by atoms with van der Waals surface area (Å²) >= 11 is 6.08. The summed E-state index contributed by atoms with van der Waals surface area (Å²) in [5.41, 5.74) is 1.45. The first-order valence-electron chi connectivity index (χ1n) is 9.13. The number of rotatable bonds is 7. The van der Waals surface area contributed by atoms with Crippen LogP contribution < -0.4 is 14.8 Å². The second-order valence-electron chi connectivity index (χ2n) is 6.70. The highest BCUT2D eigenvalue weighted by molar-refractivity contribution is 7.88. The Morgan fingerprint density at radius 3 is 2.28 bits per heavy atom. The molecule has 3 rings (SSSR count). The average Bonchev–Trinajstić information content (AvgIpc) is 3.25. The molecule has 7 nitrogen and oxygen atoms in total. The van der Waals surface area contributed by atoms with Crippen LogP contribution in [0.4, 0.5) is 5.69 Å². The highest BCUT2D eigenvalue weighted by Crippen LogP contribution is 2.36. The molecule has 1 aliphatic rings. The van der Waals surface area contributed by atoms with Crippen LogP contribution in [-0.2, 0) is 15.8 Å². The molecule has 29 heavy (non-hydrogen) atoms. The van der Waals surface area contributed by atoms with Gasteiger partial charge in [-0.2, -0.15) is 0 Å². The maximum atomic E-state index is 12.6. The molecule has 1 heterocycles. The number of amides is 1. The summed E-state index contributed by atoms with van der Waals surface area (Å²) in [6, 6.07) is 9.65. The third kappa shape index (κ3) is 5.01. The van der Waals surface area contributed by atoms with Gasteiger partial charge in [0.1, 0.15) is 11.5 Å². The van der Waals surface area contributed by atoms with E-state index < -0.39 is 10.0 Å². The van der Waals surface area contributed by atoms with Crippen molar-refractivity contribution in [1.82, 2.24) is 4.31 Å². The zero-order valence-corrected chi connectivity index (χ0v) is 17.8. The normalized spacial score (nSPS) is 14.6. The maximum Gasteiger partial charge on any atom is 0.255 e. The predicted molar refractivity (Wildman–Crippen MR) is 112 cm³/mol. The van der Waals surface area contributed by atoms with Gasteiger partial charge in [0, 0.05) is 30.8 Å². The van der Waals surface area contributed by atoms with Gasteiger partial charge in [0.15, 0.2) is 0 Å². The largest absolute Gasteiger partial charge is 0.495 e. The molecule has 0 spiro atoms. The Labute approximate surface area is 175 Å². The summed E-state index contributed by atoms with van der Waals surface area (Å²) in [5, 5.41) is 3.13. The molecule has 1 fully saturated rings. The van der Waals surface area contributed by atoms with E-state index >= 15 is 0 Å². The first kappa shape index (κ1) is 21.4. The molecule has 0 radical (unpaired) electrons. The van der Waals surface area contributed by atoms with Gasteiger partial charge in [0.2, 0.25) is 10.0 Å². The second kappa shape index (κ2) is 9.02. The first-order valence-corrected chi connectivity index (χ1v) is 11.1. The predicted octanol–water partition coefficient (Wildman–Crippen LogP) is 3.54. The second-order valence-corrected chi connectivity index (χ2v) is 9.08. The van der Waals surface area contributed by atoms with E-state index in [0.29, 0.717) is 46.4 Å². The smallest absolute Gasteiger partial charge is 0.255 e. The Hall–Kier alpha value is -2.29. The molecule has 2 aromatic carbocycles. The summed E-state index contributed by atoms with van der Waals surface area (Å²) in [6.07, 6.45) is 1.80. The minimum absolute atomic E-state index is 0.0723. The Morgan fingerprint density at radius 2 is 1.69 bits per heavy atom. The molecule has 0 unspecified atom stereocenters. The number of methoxy groups -OCH3 is 2. The maximum absolute atomic E-state index is 12.6. The van der Waals surface area contributed by atoms with Crippen molar-refractivity contribution in [1.29, 1.82) is 0 Å². The van der Waals surface area contributed by atoms with Gasteiger partial charge in [-0.3, -0.25) is 4.79 Å². The zero-order chi connectivity index (χ0) is 21.0. The Balaban J connectivity index is 1.72. The van der Waals surface area contributed by atoms with Crippen LogP contribution >= 0.6 is 11.6 Å². The topological polar surface area (TPSA) is 84.9 Å². The van der Waals surface area contributed by atoms with E-state index in [9.17, 15) is 13.2 Å². The highest BCUT2D eigenvalue weighted by Gasteiger charge is 2.25. The number of nitrogens with zero attached hydrogens (tertiary/aromatic N) is 1. The van der Waals surface area contributed by atoms with Gasteiger partial charge in [0.25, 0.3) is 5.91 Å². The number of benzene rings is 2. The third-order valence-electron chi connectivity index (χ3n) is 4.75. The van der Waals surface area contributed by atoms with Crippen molar-refractivity contribution in [2.24, 2.45) is 0 Å². The molecule has 0 saturated carbocycles. The van der Waals surface area contributed by atoms with Crippen LogP contribution in [0.2, 0.25) is 5.02 Å². The van der Waals surface area contributed by atoms with Gasteiger partial charge in [-0.15, -0.1) is 0 Å². The van der Waals surface area contributed by atoms with Gasteiger partial charge in [0.05, 0.1) is 30.7 Å². The average molecular weight is 439 g/mol. The monoisotopic (exact) mass is 438 g/mol. The fourth-order valence-electron chi connectivity index (χ4n) is 3.17. The van der Waals surface area contributed by atoms with Crippen molar-refractivity contribution < 1.29 is 22.7 Å². The molecule has 0 atom stereocenters. The zero-order valence-electron chi connectivity index (χ0n) is 16.3. The number of halogens is 1. The fourth-order valence-corrected chi connectivity index (χ4v) is 5.01. The van der Waals surface area contributed by atoms with E-state index in [1.54, 1.807) is 36.4 Å². The number of ether oxygens (including phenoxy) is 2. The summed E-state index contributed by atoms with van der Waals surface area (Å²) in [4.78, 5) is 12.6. The summed E-state index contributed by atoms with van der Waals surface area (Å²) in [6.45, 7) is 1.16. The van der Waals surface area contributed by atoms with Crippen molar-refractivity contribution in [2.75, 3.05) is 32.6 Å². The standard InChI is InChI=1S/C20H23ClN2O5S/c1-27-18-12-17(19(28-2)11-16(18)21)22-20(24)15-7-5-14(6-8-15)13-29(25,26)23-9-3-4-10-23/h5-8,11-12H,3-4,9-10,13H2,1-2H3,(H,22,24). The summed E-state index contributed by atoms with van der Waals surface area (Å²) < 4.78 is 36.8. The van der Waals surface area contributed by atoms with E-state index in [4.69, 9.17) is 21.1 Å². The lowest BCUT2D eigenvalue weighted by Crippen LogP contribution is -2.29. The van der Waals surface area contributed by atoms with E-state index in [1.165, 1.54) is 18.5 Å². The lowest BCUT2D eigenvalue weighted by Gasteiger charge is -2.15. The Kier molecular flexibility index (Phi) is 6.66. The molecule has 0 aromatic heterocycles.